The second kappa shape index (κ2) is 4.18. The molecule has 0 atom stereocenters. The van der Waals surface area contributed by atoms with Crippen LogP contribution in [0.4, 0.5) is 4.79 Å². The van der Waals surface area contributed by atoms with E-state index in [0.29, 0.717) is 6.42 Å². The molecule has 2 N–H and O–H groups in total. The SMILES string of the molecule is COC(=O)NC(C)(C)CCO. The molecule has 4 nitrogen and oxygen atoms in total. The number of carbonyl (C=O) groups excluding carboxylic acids is 1. The molecule has 4 heteroatoms. The Morgan fingerprint density at radius 1 is 1.64 bits per heavy atom. The lowest BCUT2D eigenvalue weighted by molar-refractivity contribution is 0.152. The number of alkyl carbamates (subject to hydrolysis) is 1. The van der Waals surface area contributed by atoms with Gasteiger partial charge in [0.1, 0.15) is 0 Å². The van der Waals surface area contributed by atoms with E-state index in [4.69, 9.17) is 5.11 Å². The first-order valence-electron chi connectivity index (χ1n) is 3.49. The van der Waals surface area contributed by atoms with Crippen molar-refractivity contribution in [2.75, 3.05) is 13.7 Å². The number of amides is 1. The molecule has 0 aliphatic heterocycles. The zero-order chi connectivity index (χ0) is 8.91. The Kier molecular flexibility index (Phi) is 3.89. The summed E-state index contributed by atoms with van der Waals surface area (Å²) in [4.78, 5) is 10.7. The molecule has 0 aromatic carbocycles. The van der Waals surface area contributed by atoms with Crippen molar-refractivity contribution in [2.45, 2.75) is 25.8 Å². The molecular formula is C7H15NO3. The summed E-state index contributed by atoms with van der Waals surface area (Å²) in [5.41, 5.74) is -0.401. The van der Waals surface area contributed by atoms with Gasteiger partial charge in [-0.25, -0.2) is 4.79 Å². The predicted molar refractivity (Wildman–Crippen MR) is 41.3 cm³/mol. The molecule has 0 radical (unpaired) electrons. The molecule has 0 aliphatic rings. The summed E-state index contributed by atoms with van der Waals surface area (Å²) >= 11 is 0. The average molecular weight is 161 g/mol. The lowest BCUT2D eigenvalue weighted by Crippen LogP contribution is -2.43. The summed E-state index contributed by atoms with van der Waals surface area (Å²) in [6.07, 6.45) is 0.0469. The third-order valence-electron chi connectivity index (χ3n) is 1.36. The van der Waals surface area contributed by atoms with Gasteiger partial charge in [-0.3, -0.25) is 0 Å². The molecule has 11 heavy (non-hydrogen) atoms. The topological polar surface area (TPSA) is 58.6 Å². The molecule has 0 fully saturated rings. The van der Waals surface area contributed by atoms with Crippen LogP contribution < -0.4 is 5.32 Å². The standard InChI is InChI=1S/C7H15NO3/c1-7(2,4-5-9)8-6(10)11-3/h9H,4-5H2,1-3H3,(H,8,10). The van der Waals surface area contributed by atoms with E-state index in [1.54, 1.807) is 0 Å². The van der Waals surface area contributed by atoms with E-state index in [2.05, 4.69) is 10.1 Å². The van der Waals surface area contributed by atoms with Crippen molar-refractivity contribution in [1.82, 2.24) is 5.32 Å². The fourth-order valence-electron chi connectivity index (χ4n) is 0.669. The zero-order valence-corrected chi connectivity index (χ0v) is 7.18. The van der Waals surface area contributed by atoms with Gasteiger partial charge in [0.05, 0.1) is 7.11 Å². The smallest absolute Gasteiger partial charge is 0.407 e. The van der Waals surface area contributed by atoms with Crippen molar-refractivity contribution in [2.24, 2.45) is 0 Å². The van der Waals surface area contributed by atoms with E-state index in [0.717, 1.165) is 0 Å². The van der Waals surface area contributed by atoms with E-state index in [-0.39, 0.29) is 6.61 Å². The number of ether oxygens (including phenoxy) is 1. The van der Waals surface area contributed by atoms with Gasteiger partial charge in [-0.05, 0) is 20.3 Å². The van der Waals surface area contributed by atoms with Gasteiger partial charge in [0.2, 0.25) is 0 Å². The van der Waals surface area contributed by atoms with Crippen LogP contribution in [0.3, 0.4) is 0 Å². The minimum atomic E-state index is -0.469. The van der Waals surface area contributed by atoms with Crippen LogP contribution in [0, 0.1) is 0 Å². The maximum absolute atomic E-state index is 10.7. The monoisotopic (exact) mass is 161 g/mol. The van der Waals surface area contributed by atoms with Gasteiger partial charge < -0.3 is 15.2 Å². The van der Waals surface area contributed by atoms with E-state index in [1.807, 2.05) is 13.8 Å². The Labute approximate surface area is 66.5 Å². The molecule has 1 amide bonds. The van der Waals surface area contributed by atoms with Crippen LogP contribution in [0.25, 0.3) is 0 Å². The van der Waals surface area contributed by atoms with Crippen molar-refractivity contribution >= 4 is 6.09 Å². The van der Waals surface area contributed by atoms with Crippen molar-refractivity contribution in [1.29, 1.82) is 0 Å². The minimum Gasteiger partial charge on any atom is -0.453 e. The number of carbonyl (C=O) groups is 1. The summed E-state index contributed by atoms with van der Waals surface area (Å²) in [7, 11) is 1.31. The van der Waals surface area contributed by atoms with Gasteiger partial charge in [-0.15, -0.1) is 0 Å². The fourth-order valence-corrected chi connectivity index (χ4v) is 0.669. The van der Waals surface area contributed by atoms with Gasteiger partial charge in [-0.2, -0.15) is 0 Å². The molecule has 0 saturated carbocycles. The molecule has 66 valence electrons. The summed E-state index contributed by atoms with van der Waals surface area (Å²) in [6, 6.07) is 0. The van der Waals surface area contributed by atoms with E-state index in [1.165, 1.54) is 7.11 Å². The molecule has 0 aromatic rings. The highest BCUT2D eigenvalue weighted by molar-refractivity contribution is 5.67. The number of methoxy groups -OCH3 is 1. The first kappa shape index (κ1) is 10.2. The molecule has 0 aliphatic carbocycles. The Morgan fingerprint density at radius 2 is 2.18 bits per heavy atom. The van der Waals surface area contributed by atoms with Gasteiger partial charge in [0, 0.05) is 12.1 Å². The Bertz CT molecular complexity index is 134. The largest absolute Gasteiger partial charge is 0.453 e. The third-order valence-corrected chi connectivity index (χ3v) is 1.36. The maximum atomic E-state index is 10.7. The molecule has 0 unspecified atom stereocenters. The van der Waals surface area contributed by atoms with Crippen LogP contribution in [-0.2, 0) is 4.74 Å². The summed E-state index contributed by atoms with van der Waals surface area (Å²) in [5, 5.41) is 11.2. The van der Waals surface area contributed by atoms with E-state index >= 15 is 0 Å². The van der Waals surface area contributed by atoms with Crippen molar-refractivity contribution < 1.29 is 14.6 Å². The number of hydrogen-bond donors (Lipinski definition) is 2. The van der Waals surface area contributed by atoms with Crippen LogP contribution in [-0.4, -0.2) is 30.5 Å². The Balaban J connectivity index is 3.80. The summed E-state index contributed by atoms with van der Waals surface area (Å²) < 4.78 is 4.40. The molecule has 0 heterocycles. The first-order valence-corrected chi connectivity index (χ1v) is 3.49. The second-order valence-corrected chi connectivity index (χ2v) is 2.97. The Morgan fingerprint density at radius 3 is 2.55 bits per heavy atom. The number of aliphatic hydroxyl groups is 1. The molecule has 0 aromatic heterocycles. The molecule has 0 bridgehead atoms. The average Bonchev–Trinajstić information content (AvgIpc) is 1.86. The van der Waals surface area contributed by atoms with Crippen molar-refractivity contribution in [3.8, 4) is 0 Å². The molecule has 0 saturated heterocycles. The van der Waals surface area contributed by atoms with Crippen LogP contribution in [0.5, 0.6) is 0 Å². The predicted octanol–water partition coefficient (Wildman–Crippen LogP) is 0.503. The van der Waals surface area contributed by atoms with E-state index < -0.39 is 11.6 Å². The summed E-state index contributed by atoms with van der Waals surface area (Å²) in [6.45, 7) is 3.69. The van der Waals surface area contributed by atoms with Gasteiger partial charge in [-0.1, -0.05) is 0 Å². The van der Waals surface area contributed by atoms with E-state index in [9.17, 15) is 4.79 Å². The highest BCUT2D eigenvalue weighted by Crippen LogP contribution is 2.06. The van der Waals surface area contributed by atoms with Gasteiger partial charge in [0.15, 0.2) is 0 Å². The maximum Gasteiger partial charge on any atom is 0.407 e. The minimum absolute atomic E-state index is 0.0526. The lowest BCUT2D eigenvalue weighted by Gasteiger charge is -2.23. The molecule has 0 spiro atoms. The second-order valence-electron chi connectivity index (χ2n) is 2.97. The van der Waals surface area contributed by atoms with Crippen molar-refractivity contribution in [3.63, 3.8) is 0 Å². The normalized spacial score (nSPS) is 10.9. The lowest BCUT2D eigenvalue weighted by atomic mass is 10.0. The first-order chi connectivity index (χ1) is 5.02. The number of aliphatic hydroxyl groups excluding tert-OH is 1. The third kappa shape index (κ3) is 4.61. The van der Waals surface area contributed by atoms with Crippen LogP contribution >= 0.6 is 0 Å². The zero-order valence-electron chi connectivity index (χ0n) is 7.18. The van der Waals surface area contributed by atoms with Gasteiger partial charge >= 0.3 is 6.09 Å². The molecular weight excluding hydrogens is 146 g/mol. The fraction of sp³-hybridized carbons (Fsp3) is 0.857. The van der Waals surface area contributed by atoms with Gasteiger partial charge in [0.25, 0.3) is 0 Å². The number of hydrogen-bond acceptors (Lipinski definition) is 3. The van der Waals surface area contributed by atoms with Crippen LogP contribution in [0.1, 0.15) is 20.3 Å². The quantitative estimate of drug-likeness (QED) is 0.633. The van der Waals surface area contributed by atoms with Crippen LogP contribution in [0.15, 0.2) is 0 Å². The Hall–Kier alpha value is -0.770. The van der Waals surface area contributed by atoms with Crippen molar-refractivity contribution in [3.05, 3.63) is 0 Å². The highest BCUT2D eigenvalue weighted by Gasteiger charge is 2.19. The number of nitrogens with one attached hydrogen (secondary N) is 1. The molecule has 0 rings (SSSR count). The summed E-state index contributed by atoms with van der Waals surface area (Å²) in [5.74, 6) is 0. The number of rotatable bonds is 3. The van der Waals surface area contributed by atoms with Crippen LogP contribution in [0.2, 0.25) is 0 Å². The highest BCUT2D eigenvalue weighted by atomic mass is 16.5.